The lowest BCUT2D eigenvalue weighted by atomic mass is 9.55. The number of oxime groups is 1. The van der Waals surface area contributed by atoms with Crippen molar-refractivity contribution in [2.75, 3.05) is 38.8 Å². The monoisotopic (exact) mass is 924 g/mol. The van der Waals surface area contributed by atoms with Crippen LogP contribution in [0.3, 0.4) is 0 Å². The van der Waals surface area contributed by atoms with E-state index in [9.17, 15) is 15.0 Å². The Kier molecular flexibility index (Phi) is 16.7. The smallest absolute Gasteiger partial charge is 0.410 e. The Labute approximate surface area is 399 Å². The standard InChI is InChI=1S/C56H64N2O8S/c1-3-32-64-56-52(58(55(61)62-4-2)38-43-23-17-22-41-20-11-12-26-46(41)43)37-50(57-65-39-40-18-7-5-8-19-40)48-35-42(21-13-15-30-59)47(27-14-16-31-60)53(54(48)56)49-36-44(28-29-51(49)66-56)63-33-34-67-45-24-9-6-10-25-45/h3,5-12,17-20,22-26,28-29,35-36,42,47,52-54,59-60H,1,4,13-16,21,27,30-34,37-39H2,2H3. The van der Waals surface area contributed by atoms with Crippen molar-refractivity contribution >= 4 is 34.3 Å². The van der Waals surface area contributed by atoms with Crippen molar-refractivity contribution in [2.24, 2.45) is 22.9 Å². The van der Waals surface area contributed by atoms with Crippen LogP contribution in [0.1, 0.15) is 74.5 Å². The van der Waals surface area contributed by atoms with Crippen LogP contribution in [0.5, 0.6) is 11.5 Å². The largest absolute Gasteiger partial charge is 0.493 e. The number of aliphatic hydroxyl groups is 2. The molecule has 352 valence electrons. The molecule has 2 N–H and O–H groups in total. The number of ether oxygens (including phenoxy) is 4. The molecule has 5 aromatic carbocycles. The van der Waals surface area contributed by atoms with E-state index >= 15 is 0 Å². The predicted molar refractivity (Wildman–Crippen MR) is 265 cm³/mol. The number of carbonyl (C=O) groups is 1. The second-order valence-corrected chi connectivity index (χ2v) is 18.7. The highest BCUT2D eigenvalue weighted by molar-refractivity contribution is 7.99. The summed E-state index contributed by atoms with van der Waals surface area (Å²) >= 11 is 1.75. The molecule has 1 fully saturated rings. The fourth-order valence-corrected chi connectivity index (χ4v) is 11.2. The zero-order valence-electron chi connectivity index (χ0n) is 38.5. The van der Waals surface area contributed by atoms with Gasteiger partial charge >= 0.3 is 6.09 Å². The third-order valence-corrected chi connectivity index (χ3v) is 14.3. The van der Waals surface area contributed by atoms with Crippen molar-refractivity contribution in [2.45, 2.75) is 87.7 Å². The Morgan fingerprint density at radius 3 is 2.43 bits per heavy atom. The van der Waals surface area contributed by atoms with Crippen molar-refractivity contribution < 1.29 is 38.8 Å². The number of thioether (sulfide) groups is 1. The van der Waals surface area contributed by atoms with Gasteiger partial charge in [0.25, 0.3) is 0 Å². The fraction of sp³-hybridized carbons (Fsp3) is 0.393. The average molecular weight is 925 g/mol. The molecular weight excluding hydrogens is 861 g/mol. The topological polar surface area (TPSA) is 119 Å². The Bertz CT molecular complexity index is 2460. The van der Waals surface area contributed by atoms with Crippen molar-refractivity contribution in [1.82, 2.24) is 4.90 Å². The summed E-state index contributed by atoms with van der Waals surface area (Å²) in [7, 11) is 0. The normalized spacial score (nSPS) is 22.2. The van der Waals surface area contributed by atoms with E-state index in [1.54, 1.807) is 22.7 Å². The molecule has 1 aliphatic heterocycles. The number of aliphatic hydroxyl groups excluding tert-OH is 2. The highest BCUT2D eigenvalue weighted by atomic mass is 32.2. The molecule has 0 bridgehead atoms. The van der Waals surface area contributed by atoms with Gasteiger partial charge in [0.1, 0.15) is 24.1 Å². The molecule has 11 heteroatoms. The van der Waals surface area contributed by atoms with Crippen LogP contribution < -0.4 is 9.47 Å². The van der Waals surface area contributed by atoms with Crippen LogP contribution in [0.4, 0.5) is 4.79 Å². The zero-order chi connectivity index (χ0) is 46.4. The van der Waals surface area contributed by atoms with Gasteiger partial charge in [-0.3, -0.25) is 4.90 Å². The number of nitrogens with zero attached hydrogens (tertiary/aromatic N) is 2. The summed E-state index contributed by atoms with van der Waals surface area (Å²) < 4.78 is 27.2. The second-order valence-electron chi connectivity index (χ2n) is 17.5. The lowest BCUT2D eigenvalue weighted by Crippen LogP contribution is -2.70. The molecule has 6 atom stereocenters. The zero-order valence-corrected chi connectivity index (χ0v) is 39.4. The summed E-state index contributed by atoms with van der Waals surface area (Å²) in [6.45, 7) is 7.45. The number of fused-ring (bicyclic) bond motifs is 3. The number of benzene rings is 5. The van der Waals surface area contributed by atoms with Gasteiger partial charge in [-0.2, -0.15) is 0 Å². The van der Waals surface area contributed by atoms with Gasteiger partial charge in [-0.25, -0.2) is 4.79 Å². The molecular formula is C56H64N2O8S. The van der Waals surface area contributed by atoms with Crippen LogP contribution >= 0.6 is 11.8 Å². The van der Waals surface area contributed by atoms with E-state index in [4.69, 9.17) is 28.9 Å². The second kappa shape index (κ2) is 23.4. The Balaban J connectivity index is 1.30. The third-order valence-electron chi connectivity index (χ3n) is 13.4. The van der Waals surface area contributed by atoms with Crippen LogP contribution in [0, 0.1) is 17.8 Å². The lowest BCUT2D eigenvalue weighted by Gasteiger charge is -2.59. The minimum Gasteiger partial charge on any atom is -0.493 e. The summed E-state index contributed by atoms with van der Waals surface area (Å²) in [5.41, 5.74) is 4.64. The lowest BCUT2D eigenvalue weighted by molar-refractivity contribution is -0.256. The van der Waals surface area contributed by atoms with E-state index in [0.29, 0.717) is 25.2 Å². The number of allylic oxidation sites excluding steroid dienone is 1. The molecule has 0 radical (unpaired) electrons. The number of hydrogen-bond acceptors (Lipinski definition) is 10. The Morgan fingerprint density at radius 2 is 1.66 bits per heavy atom. The quantitative estimate of drug-likeness (QED) is 0.0286. The van der Waals surface area contributed by atoms with E-state index in [2.05, 4.69) is 55.1 Å². The van der Waals surface area contributed by atoms with Crippen LogP contribution in [-0.4, -0.2) is 77.5 Å². The maximum absolute atomic E-state index is 14.8. The summed E-state index contributed by atoms with van der Waals surface area (Å²) in [5, 5.41) is 27.2. The van der Waals surface area contributed by atoms with Gasteiger partial charge < -0.3 is 34.0 Å². The first kappa shape index (κ1) is 47.9. The van der Waals surface area contributed by atoms with E-state index in [1.165, 1.54) is 4.90 Å². The minimum atomic E-state index is -1.44. The van der Waals surface area contributed by atoms with Gasteiger partial charge in [0.05, 0.1) is 38.0 Å². The first-order chi connectivity index (χ1) is 33.0. The molecule has 1 heterocycles. The van der Waals surface area contributed by atoms with E-state index in [1.807, 2.05) is 85.8 Å². The van der Waals surface area contributed by atoms with Crippen LogP contribution in [0.2, 0.25) is 0 Å². The van der Waals surface area contributed by atoms with Gasteiger partial charge in [-0.1, -0.05) is 121 Å². The van der Waals surface area contributed by atoms with Crippen molar-refractivity contribution in [3.05, 3.63) is 162 Å². The number of unbranched alkanes of at least 4 members (excludes halogenated alkanes) is 2. The number of amides is 1. The molecule has 8 rings (SSSR count). The number of hydrogen-bond donors (Lipinski definition) is 2. The van der Waals surface area contributed by atoms with Gasteiger partial charge in [-0.15, -0.1) is 18.3 Å². The van der Waals surface area contributed by atoms with E-state index in [0.717, 1.165) is 75.9 Å². The first-order valence-electron chi connectivity index (χ1n) is 23.9. The highest BCUT2D eigenvalue weighted by Crippen LogP contribution is 2.62. The van der Waals surface area contributed by atoms with Crippen molar-refractivity contribution in [1.29, 1.82) is 0 Å². The van der Waals surface area contributed by atoms with Gasteiger partial charge in [0, 0.05) is 41.8 Å². The molecule has 0 spiro atoms. The molecule has 5 aromatic rings. The third kappa shape index (κ3) is 11.1. The van der Waals surface area contributed by atoms with Crippen LogP contribution in [0.15, 0.2) is 156 Å². The maximum atomic E-state index is 14.8. The van der Waals surface area contributed by atoms with E-state index in [-0.39, 0.29) is 63.8 Å². The summed E-state index contributed by atoms with van der Waals surface area (Å²) in [6, 6.07) is 40.0. The maximum Gasteiger partial charge on any atom is 0.410 e. The number of rotatable bonds is 23. The van der Waals surface area contributed by atoms with E-state index < -0.39 is 23.8 Å². The molecule has 0 saturated heterocycles. The van der Waals surface area contributed by atoms with Crippen LogP contribution in [0.25, 0.3) is 10.8 Å². The molecule has 67 heavy (non-hydrogen) atoms. The molecule has 6 unspecified atom stereocenters. The van der Waals surface area contributed by atoms with Crippen molar-refractivity contribution in [3.8, 4) is 11.5 Å². The number of carbonyl (C=O) groups excluding carboxylic acids is 1. The molecule has 2 aliphatic carbocycles. The molecule has 3 aliphatic rings. The van der Waals surface area contributed by atoms with Gasteiger partial charge in [0.2, 0.25) is 5.79 Å². The van der Waals surface area contributed by atoms with Crippen molar-refractivity contribution in [3.63, 3.8) is 0 Å². The summed E-state index contributed by atoms with van der Waals surface area (Å²) in [4.78, 5) is 24.1. The Hall–Kier alpha value is -5.59. The SMILES string of the molecule is C=CCOC12Oc3ccc(OCCSc4ccccc4)cc3C3C(CCCCO)C(CCCCO)C=C(C(=NOCc4ccccc4)CC1N(Cc1cccc4ccccc14)C(=O)OCC)C32. The molecule has 10 nitrogen and oxygen atoms in total. The van der Waals surface area contributed by atoms with Crippen LogP contribution in [-0.2, 0) is 27.5 Å². The summed E-state index contributed by atoms with van der Waals surface area (Å²) in [6.07, 6.45) is 8.54. The molecule has 0 aromatic heterocycles. The fourth-order valence-electron chi connectivity index (χ4n) is 10.5. The Morgan fingerprint density at radius 1 is 0.910 bits per heavy atom. The summed E-state index contributed by atoms with van der Waals surface area (Å²) in [5.74, 6) is 0.231. The minimum absolute atomic E-state index is 0.0663. The van der Waals surface area contributed by atoms with Gasteiger partial charge in [-0.05, 0) is 102 Å². The predicted octanol–water partition coefficient (Wildman–Crippen LogP) is 11.5. The molecule has 1 saturated carbocycles. The van der Waals surface area contributed by atoms with Gasteiger partial charge in [0.15, 0.2) is 0 Å². The average Bonchev–Trinajstić information content (AvgIpc) is 3.36. The first-order valence-corrected chi connectivity index (χ1v) is 24.9. The molecule has 1 amide bonds. The highest BCUT2D eigenvalue weighted by Gasteiger charge is 2.65.